The Labute approximate surface area is 176 Å². The van der Waals surface area contributed by atoms with Gasteiger partial charge in [0, 0.05) is 37.9 Å². The smallest absolute Gasteiger partial charge is 0.255 e. The van der Waals surface area contributed by atoms with Crippen LogP contribution in [0.5, 0.6) is 5.75 Å². The number of carbonyl (C=O) groups excluding carboxylic acids is 2. The van der Waals surface area contributed by atoms with E-state index in [9.17, 15) is 9.59 Å². The SMILES string of the molecule is COc1ccccc1C(=O)NCCC(=O)N1CCn2cccc2[C@@H]1c1ccccc1. The molecule has 2 aromatic carbocycles. The molecular weight excluding hydrogens is 378 g/mol. The van der Waals surface area contributed by atoms with E-state index in [4.69, 9.17) is 4.74 Å². The van der Waals surface area contributed by atoms with Crippen molar-refractivity contribution in [2.75, 3.05) is 20.2 Å². The van der Waals surface area contributed by atoms with Crippen molar-refractivity contribution < 1.29 is 14.3 Å². The number of amides is 2. The summed E-state index contributed by atoms with van der Waals surface area (Å²) >= 11 is 0. The Morgan fingerprint density at radius 3 is 2.57 bits per heavy atom. The highest BCUT2D eigenvalue weighted by molar-refractivity contribution is 5.97. The molecule has 0 saturated heterocycles. The van der Waals surface area contributed by atoms with E-state index in [0.717, 1.165) is 17.8 Å². The summed E-state index contributed by atoms with van der Waals surface area (Å²) in [5.74, 6) is 0.297. The van der Waals surface area contributed by atoms with E-state index in [1.165, 1.54) is 7.11 Å². The maximum atomic E-state index is 13.1. The van der Waals surface area contributed by atoms with Crippen molar-refractivity contribution in [3.8, 4) is 5.75 Å². The fourth-order valence-electron chi connectivity index (χ4n) is 3.99. The molecule has 4 rings (SSSR count). The third-order valence-corrected chi connectivity index (χ3v) is 5.45. The van der Waals surface area contributed by atoms with Gasteiger partial charge in [0.1, 0.15) is 5.75 Å². The molecule has 0 radical (unpaired) electrons. The van der Waals surface area contributed by atoms with Gasteiger partial charge in [0.15, 0.2) is 0 Å². The van der Waals surface area contributed by atoms with Gasteiger partial charge in [0.2, 0.25) is 5.91 Å². The summed E-state index contributed by atoms with van der Waals surface area (Å²) in [5.41, 5.74) is 2.66. The number of rotatable bonds is 6. The zero-order valence-electron chi connectivity index (χ0n) is 17.0. The molecule has 1 aliphatic heterocycles. The lowest BCUT2D eigenvalue weighted by Crippen LogP contribution is -2.43. The van der Waals surface area contributed by atoms with Crippen LogP contribution in [0.2, 0.25) is 0 Å². The van der Waals surface area contributed by atoms with Crippen LogP contribution in [0.15, 0.2) is 72.9 Å². The standard InChI is InChI=1S/C24H25N3O3/c1-30-21-12-6-5-10-19(21)24(29)25-14-13-22(28)27-17-16-26-15-7-11-20(26)23(27)18-8-3-2-4-9-18/h2-12,15,23H,13-14,16-17H2,1H3,(H,25,29)/t23-/m0/s1. The molecule has 1 N–H and O–H groups in total. The lowest BCUT2D eigenvalue weighted by atomic mass is 9.99. The number of nitrogens with one attached hydrogen (secondary N) is 1. The van der Waals surface area contributed by atoms with Gasteiger partial charge in [-0.2, -0.15) is 0 Å². The molecule has 0 unspecified atom stereocenters. The summed E-state index contributed by atoms with van der Waals surface area (Å²) in [7, 11) is 1.53. The molecule has 0 fully saturated rings. The van der Waals surface area contributed by atoms with Gasteiger partial charge in [-0.05, 0) is 29.8 Å². The van der Waals surface area contributed by atoms with Crippen LogP contribution in [-0.2, 0) is 11.3 Å². The van der Waals surface area contributed by atoms with Crippen molar-refractivity contribution in [3.05, 3.63) is 89.7 Å². The fourth-order valence-corrected chi connectivity index (χ4v) is 3.99. The van der Waals surface area contributed by atoms with Crippen LogP contribution in [0.25, 0.3) is 0 Å². The molecular formula is C24H25N3O3. The van der Waals surface area contributed by atoms with Gasteiger partial charge in [-0.25, -0.2) is 0 Å². The minimum Gasteiger partial charge on any atom is -0.496 e. The molecule has 2 heterocycles. The summed E-state index contributed by atoms with van der Waals surface area (Å²) in [5, 5.41) is 2.84. The maximum Gasteiger partial charge on any atom is 0.255 e. The number of benzene rings is 2. The molecule has 1 aromatic heterocycles. The highest BCUT2D eigenvalue weighted by Gasteiger charge is 2.31. The lowest BCUT2D eigenvalue weighted by molar-refractivity contribution is -0.133. The van der Waals surface area contributed by atoms with Crippen molar-refractivity contribution >= 4 is 11.8 Å². The molecule has 154 valence electrons. The van der Waals surface area contributed by atoms with Gasteiger partial charge in [0.05, 0.1) is 18.7 Å². The second-order valence-corrected chi connectivity index (χ2v) is 7.23. The molecule has 30 heavy (non-hydrogen) atoms. The van der Waals surface area contributed by atoms with E-state index in [-0.39, 0.29) is 30.8 Å². The fraction of sp³-hybridized carbons (Fsp3) is 0.250. The molecule has 6 nitrogen and oxygen atoms in total. The normalized spacial score (nSPS) is 15.4. The Balaban J connectivity index is 1.44. The van der Waals surface area contributed by atoms with E-state index in [1.54, 1.807) is 18.2 Å². The summed E-state index contributed by atoms with van der Waals surface area (Å²) in [4.78, 5) is 27.5. The molecule has 0 saturated carbocycles. The van der Waals surface area contributed by atoms with Crippen molar-refractivity contribution in [3.63, 3.8) is 0 Å². The number of hydrogen-bond acceptors (Lipinski definition) is 3. The average Bonchev–Trinajstić information content (AvgIpc) is 3.27. The molecule has 0 spiro atoms. The Morgan fingerprint density at radius 1 is 1.00 bits per heavy atom. The minimum atomic E-state index is -0.243. The first kappa shape index (κ1) is 19.8. The Hall–Kier alpha value is -3.54. The quantitative estimate of drug-likeness (QED) is 0.687. The summed E-state index contributed by atoms with van der Waals surface area (Å²) in [6.45, 7) is 1.68. The van der Waals surface area contributed by atoms with Crippen LogP contribution in [0, 0.1) is 0 Å². The van der Waals surface area contributed by atoms with Crippen LogP contribution in [0.1, 0.15) is 34.1 Å². The molecule has 2 amide bonds. The number of nitrogens with zero attached hydrogens (tertiary/aromatic N) is 2. The van der Waals surface area contributed by atoms with Gasteiger partial charge in [-0.3, -0.25) is 9.59 Å². The number of aromatic nitrogens is 1. The van der Waals surface area contributed by atoms with E-state index in [0.29, 0.717) is 17.9 Å². The second kappa shape index (κ2) is 8.86. The van der Waals surface area contributed by atoms with Crippen LogP contribution in [0.4, 0.5) is 0 Å². The topological polar surface area (TPSA) is 63.6 Å². The zero-order chi connectivity index (χ0) is 20.9. The predicted molar refractivity (Wildman–Crippen MR) is 114 cm³/mol. The monoisotopic (exact) mass is 403 g/mol. The van der Waals surface area contributed by atoms with E-state index >= 15 is 0 Å². The summed E-state index contributed by atoms with van der Waals surface area (Å²) < 4.78 is 7.44. The number of para-hydroxylation sites is 1. The largest absolute Gasteiger partial charge is 0.496 e. The van der Waals surface area contributed by atoms with Gasteiger partial charge >= 0.3 is 0 Å². The van der Waals surface area contributed by atoms with Crippen molar-refractivity contribution in [1.82, 2.24) is 14.8 Å². The molecule has 1 aliphatic rings. The Bertz CT molecular complexity index is 1030. The molecule has 6 heteroatoms. The number of carbonyl (C=O) groups is 2. The lowest BCUT2D eigenvalue weighted by Gasteiger charge is -2.37. The average molecular weight is 403 g/mol. The molecule has 0 bridgehead atoms. The minimum absolute atomic E-state index is 0.0247. The van der Waals surface area contributed by atoms with E-state index in [2.05, 4.69) is 34.3 Å². The molecule has 3 aromatic rings. The van der Waals surface area contributed by atoms with Gasteiger partial charge < -0.3 is 19.5 Å². The first-order chi connectivity index (χ1) is 14.7. The van der Waals surface area contributed by atoms with Gasteiger partial charge in [-0.1, -0.05) is 42.5 Å². The van der Waals surface area contributed by atoms with Gasteiger partial charge in [-0.15, -0.1) is 0 Å². The van der Waals surface area contributed by atoms with E-state index in [1.807, 2.05) is 35.2 Å². The Morgan fingerprint density at radius 2 is 1.77 bits per heavy atom. The van der Waals surface area contributed by atoms with Crippen molar-refractivity contribution in [2.45, 2.75) is 19.0 Å². The second-order valence-electron chi connectivity index (χ2n) is 7.23. The third-order valence-electron chi connectivity index (χ3n) is 5.45. The first-order valence-electron chi connectivity index (χ1n) is 10.1. The maximum absolute atomic E-state index is 13.1. The highest BCUT2D eigenvalue weighted by Crippen LogP contribution is 2.32. The summed E-state index contributed by atoms with van der Waals surface area (Å²) in [6.07, 6.45) is 2.30. The van der Waals surface area contributed by atoms with E-state index < -0.39 is 0 Å². The highest BCUT2D eigenvalue weighted by atomic mass is 16.5. The molecule has 0 aliphatic carbocycles. The number of hydrogen-bond donors (Lipinski definition) is 1. The van der Waals surface area contributed by atoms with Crippen LogP contribution < -0.4 is 10.1 Å². The van der Waals surface area contributed by atoms with Crippen molar-refractivity contribution in [2.24, 2.45) is 0 Å². The first-order valence-corrected chi connectivity index (χ1v) is 10.1. The van der Waals surface area contributed by atoms with Gasteiger partial charge in [0.25, 0.3) is 5.91 Å². The third kappa shape index (κ3) is 3.94. The van der Waals surface area contributed by atoms with Crippen LogP contribution >= 0.6 is 0 Å². The van der Waals surface area contributed by atoms with Crippen molar-refractivity contribution in [1.29, 1.82) is 0 Å². The predicted octanol–water partition coefficient (Wildman–Crippen LogP) is 3.25. The zero-order valence-corrected chi connectivity index (χ0v) is 17.0. The number of fused-ring (bicyclic) bond motifs is 1. The van der Waals surface area contributed by atoms with Crippen LogP contribution in [0.3, 0.4) is 0 Å². The summed E-state index contributed by atoms with van der Waals surface area (Å²) in [6, 6.07) is 21.1. The number of ether oxygens (including phenoxy) is 1. The van der Waals surface area contributed by atoms with Crippen LogP contribution in [-0.4, -0.2) is 41.5 Å². The Kier molecular flexibility index (Phi) is 5.84. The molecule has 1 atom stereocenters. The number of methoxy groups -OCH3 is 1.